The number of Topliss-reactive ketones (excluding diaryl/α,β-unsaturated/α-hetero) is 1. The number of hydrogen-bond acceptors (Lipinski definition) is 7. The van der Waals surface area contributed by atoms with E-state index >= 15 is 0 Å². The molecule has 1 unspecified atom stereocenters. The molecule has 0 amide bonds. The molecule has 1 N–H and O–H groups in total. The Morgan fingerprint density at radius 2 is 1.84 bits per heavy atom. The zero-order valence-electron chi connectivity index (χ0n) is 14.0. The highest BCUT2D eigenvalue weighted by Gasteiger charge is 2.26. The molecule has 1 atom stereocenters. The Bertz CT molecular complexity index is 724. The summed E-state index contributed by atoms with van der Waals surface area (Å²) in [5.74, 6) is -1.52. The Labute approximate surface area is 149 Å². The summed E-state index contributed by atoms with van der Waals surface area (Å²) < 4.78 is 4.88. The average Bonchev–Trinajstić information content (AvgIpc) is 3.13. The van der Waals surface area contributed by atoms with Crippen molar-refractivity contribution < 1.29 is 24.0 Å². The summed E-state index contributed by atoms with van der Waals surface area (Å²) in [5.41, 5.74) is 4.21. The van der Waals surface area contributed by atoms with Gasteiger partial charge in [-0.25, -0.2) is 4.79 Å². The van der Waals surface area contributed by atoms with Gasteiger partial charge in [0.15, 0.2) is 5.78 Å². The van der Waals surface area contributed by atoms with E-state index in [0.717, 1.165) is 5.56 Å². The van der Waals surface area contributed by atoms with Crippen molar-refractivity contribution in [1.29, 1.82) is 0 Å². The number of aryl methyl sites for hydroxylation is 1. The third-order valence-electron chi connectivity index (χ3n) is 3.38. The van der Waals surface area contributed by atoms with E-state index in [1.807, 2.05) is 6.92 Å². The number of nitrogens with one attached hydrogen (secondary N) is 1. The molecule has 132 valence electrons. The molecule has 0 saturated heterocycles. The summed E-state index contributed by atoms with van der Waals surface area (Å²) in [6, 6.07) is 7.45. The van der Waals surface area contributed by atoms with Crippen LogP contribution in [-0.2, 0) is 14.4 Å². The molecular formula is C18H19NO5S. The van der Waals surface area contributed by atoms with E-state index < -0.39 is 18.0 Å². The van der Waals surface area contributed by atoms with Gasteiger partial charge in [-0.15, -0.1) is 5.48 Å². The highest BCUT2D eigenvalue weighted by atomic mass is 32.1. The predicted octanol–water partition coefficient (Wildman–Crippen LogP) is 2.92. The molecular weight excluding hydrogens is 342 g/mol. The van der Waals surface area contributed by atoms with Crippen molar-refractivity contribution in [2.45, 2.75) is 26.3 Å². The molecule has 0 bridgehead atoms. The summed E-state index contributed by atoms with van der Waals surface area (Å²) in [4.78, 5) is 41.3. The minimum Gasteiger partial charge on any atom is -0.466 e. The topological polar surface area (TPSA) is 81.7 Å². The van der Waals surface area contributed by atoms with E-state index in [2.05, 4.69) is 5.48 Å². The van der Waals surface area contributed by atoms with Crippen LogP contribution in [0, 0.1) is 6.92 Å². The Morgan fingerprint density at radius 1 is 1.12 bits per heavy atom. The van der Waals surface area contributed by atoms with Gasteiger partial charge in [0.25, 0.3) is 0 Å². The maximum Gasteiger partial charge on any atom is 0.356 e. The fraction of sp³-hybridized carbons (Fsp3) is 0.278. The highest BCUT2D eigenvalue weighted by molar-refractivity contribution is 7.08. The van der Waals surface area contributed by atoms with Crippen LogP contribution in [0.5, 0.6) is 0 Å². The van der Waals surface area contributed by atoms with E-state index in [1.165, 1.54) is 11.3 Å². The first-order chi connectivity index (χ1) is 12.0. The van der Waals surface area contributed by atoms with Crippen molar-refractivity contribution in [3.63, 3.8) is 0 Å². The molecule has 25 heavy (non-hydrogen) atoms. The van der Waals surface area contributed by atoms with Crippen LogP contribution < -0.4 is 5.48 Å². The van der Waals surface area contributed by atoms with Gasteiger partial charge in [-0.3, -0.25) is 9.59 Å². The first-order valence-electron chi connectivity index (χ1n) is 7.76. The van der Waals surface area contributed by atoms with Gasteiger partial charge in [0.05, 0.1) is 18.6 Å². The number of carbonyl (C=O) groups is 3. The number of hydroxylamine groups is 1. The quantitative estimate of drug-likeness (QED) is 0.442. The maximum atomic E-state index is 12.5. The Kier molecular flexibility index (Phi) is 6.85. The third kappa shape index (κ3) is 5.51. The van der Waals surface area contributed by atoms with Crippen molar-refractivity contribution in [3.8, 4) is 0 Å². The zero-order valence-corrected chi connectivity index (χ0v) is 14.8. The fourth-order valence-corrected chi connectivity index (χ4v) is 2.70. The molecule has 0 spiro atoms. The second kappa shape index (κ2) is 9.10. The molecule has 2 rings (SSSR count). The zero-order chi connectivity index (χ0) is 18.2. The normalized spacial score (nSPS) is 11.6. The van der Waals surface area contributed by atoms with Gasteiger partial charge in [-0.05, 0) is 37.4 Å². The van der Waals surface area contributed by atoms with Gasteiger partial charge in [-0.1, -0.05) is 17.7 Å². The number of carbonyl (C=O) groups excluding carboxylic acids is 3. The van der Waals surface area contributed by atoms with Crippen LogP contribution in [0.4, 0.5) is 0 Å². The molecule has 7 heteroatoms. The monoisotopic (exact) mass is 361 g/mol. The molecule has 1 aromatic carbocycles. The average molecular weight is 361 g/mol. The molecule has 0 aliphatic carbocycles. The van der Waals surface area contributed by atoms with Crippen LogP contribution >= 0.6 is 11.3 Å². The number of rotatable bonds is 8. The molecule has 0 radical (unpaired) electrons. The number of ketones is 1. The molecule has 0 aliphatic rings. The van der Waals surface area contributed by atoms with Gasteiger partial charge < -0.3 is 9.57 Å². The second-order valence-corrected chi connectivity index (χ2v) is 6.09. The van der Waals surface area contributed by atoms with Crippen molar-refractivity contribution in [3.05, 3.63) is 57.8 Å². The maximum absolute atomic E-state index is 12.5. The highest BCUT2D eigenvalue weighted by Crippen LogP contribution is 2.12. The number of thiophene rings is 1. The molecule has 1 heterocycles. The van der Waals surface area contributed by atoms with Gasteiger partial charge in [-0.2, -0.15) is 11.3 Å². The predicted molar refractivity (Wildman–Crippen MR) is 93.4 cm³/mol. The number of hydrogen-bond donors (Lipinski definition) is 1. The molecule has 1 aromatic heterocycles. The molecule has 0 saturated carbocycles. The van der Waals surface area contributed by atoms with Crippen LogP contribution in [0.1, 0.15) is 39.6 Å². The van der Waals surface area contributed by atoms with Gasteiger partial charge in [0, 0.05) is 10.9 Å². The van der Waals surface area contributed by atoms with Gasteiger partial charge in [0.2, 0.25) is 0 Å². The van der Waals surface area contributed by atoms with Crippen LogP contribution in [-0.4, -0.2) is 30.4 Å². The number of benzene rings is 1. The lowest BCUT2D eigenvalue weighted by Crippen LogP contribution is -2.40. The molecule has 0 aliphatic heterocycles. The third-order valence-corrected chi connectivity index (χ3v) is 4.06. The lowest BCUT2D eigenvalue weighted by Gasteiger charge is -2.16. The summed E-state index contributed by atoms with van der Waals surface area (Å²) >= 11 is 1.36. The Hall–Kier alpha value is -2.51. The van der Waals surface area contributed by atoms with Gasteiger partial charge in [0.1, 0.15) is 6.04 Å². The lowest BCUT2D eigenvalue weighted by atomic mass is 10.1. The van der Waals surface area contributed by atoms with E-state index in [0.29, 0.717) is 11.1 Å². The van der Waals surface area contributed by atoms with E-state index in [-0.39, 0.29) is 18.8 Å². The minimum absolute atomic E-state index is 0.210. The number of ether oxygens (including phenoxy) is 1. The van der Waals surface area contributed by atoms with E-state index in [9.17, 15) is 14.4 Å². The first-order valence-corrected chi connectivity index (χ1v) is 8.71. The van der Waals surface area contributed by atoms with Crippen molar-refractivity contribution >= 4 is 29.1 Å². The van der Waals surface area contributed by atoms with Crippen molar-refractivity contribution in [2.75, 3.05) is 6.61 Å². The summed E-state index contributed by atoms with van der Waals surface area (Å²) in [7, 11) is 0. The van der Waals surface area contributed by atoms with E-state index in [1.54, 1.807) is 48.0 Å². The molecule has 2 aromatic rings. The number of esters is 1. The van der Waals surface area contributed by atoms with Crippen LogP contribution in [0.25, 0.3) is 0 Å². The van der Waals surface area contributed by atoms with Gasteiger partial charge >= 0.3 is 11.9 Å². The Balaban J connectivity index is 2.04. The summed E-state index contributed by atoms with van der Waals surface area (Å²) in [6.07, 6.45) is -0.232. The SMILES string of the molecule is CCOC(=O)CC(NOC(=O)c1ccc(C)cc1)C(=O)c1ccsc1. The summed E-state index contributed by atoms with van der Waals surface area (Å²) in [5, 5.41) is 3.43. The first kappa shape index (κ1) is 18.8. The summed E-state index contributed by atoms with van der Waals surface area (Å²) in [6.45, 7) is 3.79. The minimum atomic E-state index is -1.01. The van der Waals surface area contributed by atoms with Crippen LogP contribution in [0.15, 0.2) is 41.1 Å². The van der Waals surface area contributed by atoms with E-state index in [4.69, 9.17) is 9.57 Å². The standard InChI is InChI=1S/C18H19NO5S/c1-3-23-16(20)10-15(17(21)14-8-9-25-11-14)19-24-18(22)13-6-4-12(2)5-7-13/h4-9,11,15,19H,3,10H2,1-2H3. The Morgan fingerprint density at radius 3 is 2.44 bits per heavy atom. The van der Waals surface area contributed by atoms with Crippen molar-refractivity contribution in [2.24, 2.45) is 0 Å². The smallest absolute Gasteiger partial charge is 0.356 e. The molecule has 0 fully saturated rings. The fourth-order valence-electron chi connectivity index (χ4n) is 2.05. The lowest BCUT2D eigenvalue weighted by molar-refractivity contribution is -0.144. The second-order valence-electron chi connectivity index (χ2n) is 5.31. The van der Waals surface area contributed by atoms with Crippen molar-refractivity contribution in [1.82, 2.24) is 5.48 Å². The van der Waals surface area contributed by atoms with Crippen LogP contribution in [0.3, 0.4) is 0 Å². The molecule has 6 nitrogen and oxygen atoms in total. The van der Waals surface area contributed by atoms with Crippen LogP contribution in [0.2, 0.25) is 0 Å². The largest absolute Gasteiger partial charge is 0.466 e.